The van der Waals surface area contributed by atoms with E-state index < -0.39 is 0 Å². The van der Waals surface area contributed by atoms with Crippen LogP contribution in [0.2, 0.25) is 5.02 Å². The Balaban J connectivity index is 2.09. The summed E-state index contributed by atoms with van der Waals surface area (Å²) in [5.41, 5.74) is 0.690. The van der Waals surface area contributed by atoms with E-state index >= 15 is 0 Å². The number of halogens is 1. The number of rotatable bonds is 2. The molecule has 0 aromatic heterocycles. The zero-order chi connectivity index (χ0) is 13.3. The predicted octanol–water partition coefficient (Wildman–Crippen LogP) is 3.81. The van der Waals surface area contributed by atoms with Crippen molar-refractivity contribution >= 4 is 23.2 Å². The predicted molar refractivity (Wildman–Crippen MR) is 72.9 cm³/mol. The van der Waals surface area contributed by atoms with Gasteiger partial charge in [-0.05, 0) is 36.5 Å². The van der Waals surface area contributed by atoms with Crippen molar-refractivity contribution in [1.29, 1.82) is 0 Å². The highest BCUT2D eigenvalue weighted by Crippen LogP contribution is 2.43. The Morgan fingerprint density at radius 3 is 2.78 bits per heavy atom. The number of benzene rings is 1. The van der Waals surface area contributed by atoms with Crippen LogP contribution in [0.15, 0.2) is 18.2 Å². The summed E-state index contributed by atoms with van der Waals surface area (Å²) in [6.07, 6.45) is 3.12. The highest BCUT2D eigenvalue weighted by atomic mass is 35.5. The van der Waals surface area contributed by atoms with Crippen LogP contribution in [0.4, 0.5) is 5.69 Å². The van der Waals surface area contributed by atoms with E-state index in [1.54, 1.807) is 12.1 Å². The average Bonchev–Trinajstić information content (AvgIpc) is 2.63. The van der Waals surface area contributed by atoms with Gasteiger partial charge < -0.3 is 10.4 Å². The molecule has 1 fully saturated rings. The first-order chi connectivity index (χ1) is 8.40. The van der Waals surface area contributed by atoms with Crippen molar-refractivity contribution in [2.75, 3.05) is 5.32 Å². The highest BCUT2D eigenvalue weighted by molar-refractivity contribution is 6.32. The Morgan fingerprint density at radius 2 is 2.22 bits per heavy atom. The Hall–Kier alpha value is -1.22. The molecule has 1 aromatic rings. The summed E-state index contributed by atoms with van der Waals surface area (Å²) in [7, 11) is 0. The number of aromatic hydroxyl groups is 1. The molecule has 0 saturated heterocycles. The van der Waals surface area contributed by atoms with E-state index in [0.717, 1.165) is 19.3 Å². The number of phenols is 1. The van der Waals surface area contributed by atoms with Gasteiger partial charge in [0.15, 0.2) is 0 Å². The minimum absolute atomic E-state index is 0.0239. The van der Waals surface area contributed by atoms with Crippen LogP contribution in [-0.2, 0) is 4.79 Å². The summed E-state index contributed by atoms with van der Waals surface area (Å²) in [5, 5.41) is 12.4. The number of hydrogen-bond acceptors (Lipinski definition) is 2. The first-order valence-corrected chi connectivity index (χ1v) is 6.57. The fraction of sp³-hybridized carbons (Fsp3) is 0.500. The average molecular weight is 268 g/mol. The summed E-state index contributed by atoms with van der Waals surface area (Å²) < 4.78 is 0. The largest absolute Gasteiger partial charge is 0.506 e. The van der Waals surface area contributed by atoms with E-state index in [0.29, 0.717) is 5.69 Å². The summed E-state index contributed by atoms with van der Waals surface area (Å²) in [6.45, 7) is 4.27. The molecule has 0 heterocycles. The van der Waals surface area contributed by atoms with E-state index in [4.69, 9.17) is 11.6 Å². The number of carbonyl (C=O) groups is 1. The smallest absolute Gasteiger partial charge is 0.228 e. The lowest BCUT2D eigenvalue weighted by molar-refractivity contribution is -0.122. The number of nitrogens with one attached hydrogen (secondary N) is 1. The Labute approximate surface area is 112 Å². The lowest BCUT2D eigenvalue weighted by atomic mass is 9.81. The Bertz CT molecular complexity index is 471. The number of carbonyl (C=O) groups excluding carboxylic acids is 1. The second kappa shape index (κ2) is 4.81. The van der Waals surface area contributed by atoms with E-state index in [1.807, 2.05) is 0 Å². The number of anilines is 1. The van der Waals surface area contributed by atoms with E-state index in [1.165, 1.54) is 6.07 Å². The van der Waals surface area contributed by atoms with Gasteiger partial charge in [0.05, 0.1) is 5.02 Å². The molecule has 1 aliphatic carbocycles. The lowest BCUT2D eigenvalue weighted by Crippen LogP contribution is -2.30. The zero-order valence-corrected chi connectivity index (χ0v) is 11.4. The normalized spacial score (nSPS) is 21.8. The van der Waals surface area contributed by atoms with Gasteiger partial charge in [-0.2, -0.15) is 0 Å². The van der Waals surface area contributed by atoms with Gasteiger partial charge >= 0.3 is 0 Å². The molecule has 1 aromatic carbocycles. The monoisotopic (exact) mass is 267 g/mol. The van der Waals surface area contributed by atoms with Crippen LogP contribution in [0.3, 0.4) is 0 Å². The minimum atomic E-state index is 0.0239. The Morgan fingerprint density at radius 1 is 1.50 bits per heavy atom. The third-order valence-electron chi connectivity index (χ3n) is 3.79. The van der Waals surface area contributed by atoms with Gasteiger partial charge in [0.25, 0.3) is 0 Å². The third kappa shape index (κ3) is 2.61. The molecule has 0 bridgehead atoms. The molecule has 98 valence electrons. The van der Waals surface area contributed by atoms with Crippen LogP contribution in [0, 0.1) is 11.3 Å². The van der Waals surface area contributed by atoms with Gasteiger partial charge in [-0.1, -0.05) is 31.9 Å². The van der Waals surface area contributed by atoms with Gasteiger partial charge in [0.1, 0.15) is 5.75 Å². The van der Waals surface area contributed by atoms with E-state index in [-0.39, 0.29) is 28.0 Å². The molecule has 1 saturated carbocycles. The van der Waals surface area contributed by atoms with Crippen LogP contribution < -0.4 is 5.32 Å². The molecular formula is C14H18ClNO2. The van der Waals surface area contributed by atoms with Gasteiger partial charge in [-0.3, -0.25) is 4.79 Å². The van der Waals surface area contributed by atoms with Crippen LogP contribution in [0.1, 0.15) is 33.1 Å². The van der Waals surface area contributed by atoms with Crippen molar-refractivity contribution < 1.29 is 9.90 Å². The molecule has 1 atom stereocenters. The topological polar surface area (TPSA) is 49.3 Å². The van der Waals surface area contributed by atoms with Crippen LogP contribution in [-0.4, -0.2) is 11.0 Å². The van der Waals surface area contributed by atoms with Crippen molar-refractivity contribution in [2.24, 2.45) is 11.3 Å². The van der Waals surface area contributed by atoms with Crippen LogP contribution >= 0.6 is 11.6 Å². The van der Waals surface area contributed by atoms with E-state index in [2.05, 4.69) is 19.2 Å². The first-order valence-electron chi connectivity index (χ1n) is 6.19. The number of hydrogen-bond donors (Lipinski definition) is 2. The van der Waals surface area contributed by atoms with Crippen LogP contribution in [0.5, 0.6) is 5.75 Å². The molecule has 2 rings (SSSR count). The standard InChI is InChI=1S/C14H18ClNO2/c1-14(2)7-3-4-10(14)13(18)16-9-5-6-12(17)11(15)8-9/h5-6,8,10,17H,3-4,7H2,1-2H3,(H,16,18). The molecule has 0 aliphatic heterocycles. The summed E-state index contributed by atoms with van der Waals surface area (Å²) in [4.78, 5) is 12.2. The van der Waals surface area contributed by atoms with Crippen LogP contribution in [0.25, 0.3) is 0 Å². The maximum atomic E-state index is 12.2. The van der Waals surface area contributed by atoms with E-state index in [9.17, 15) is 9.90 Å². The van der Waals surface area contributed by atoms with Gasteiger partial charge in [-0.25, -0.2) is 0 Å². The molecule has 3 nitrogen and oxygen atoms in total. The molecular weight excluding hydrogens is 250 g/mol. The van der Waals surface area contributed by atoms with Gasteiger partial charge in [0, 0.05) is 11.6 Å². The summed E-state index contributed by atoms with van der Waals surface area (Å²) in [5.74, 6) is 0.111. The SMILES string of the molecule is CC1(C)CCCC1C(=O)Nc1ccc(O)c(Cl)c1. The number of phenolic OH excluding ortho intramolecular Hbond substituents is 1. The van der Waals surface area contributed by atoms with Crippen molar-refractivity contribution in [3.63, 3.8) is 0 Å². The quantitative estimate of drug-likeness (QED) is 0.801. The molecule has 1 unspecified atom stereocenters. The fourth-order valence-corrected chi connectivity index (χ4v) is 2.81. The zero-order valence-electron chi connectivity index (χ0n) is 10.7. The minimum Gasteiger partial charge on any atom is -0.506 e. The lowest BCUT2D eigenvalue weighted by Gasteiger charge is -2.25. The van der Waals surface area contributed by atoms with Crippen molar-refractivity contribution in [3.05, 3.63) is 23.2 Å². The summed E-state index contributed by atoms with van der Waals surface area (Å²) in [6, 6.07) is 4.70. The Kier molecular flexibility index (Phi) is 3.53. The molecule has 2 N–H and O–H groups in total. The molecule has 0 radical (unpaired) electrons. The maximum Gasteiger partial charge on any atom is 0.228 e. The molecule has 1 aliphatic rings. The van der Waals surface area contributed by atoms with Crippen molar-refractivity contribution in [1.82, 2.24) is 0 Å². The summed E-state index contributed by atoms with van der Waals surface area (Å²) >= 11 is 5.81. The highest BCUT2D eigenvalue weighted by Gasteiger charge is 2.39. The third-order valence-corrected chi connectivity index (χ3v) is 4.09. The van der Waals surface area contributed by atoms with Crippen molar-refractivity contribution in [3.8, 4) is 5.75 Å². The molecule has 0 spiro atoms. The second-order valence-corrected chi connectivity index (χ2v) is 6.00. The molecule has 1 amide bonds. The second-order valence-electron chi connectivity index (χ2n) is 5.59. The molecule has 4 heteroatoms. The van der Waals surface area contributed by atoms with Gasteiger partial charge in [0.2, 0.25) is 5.91 Å². The van der Waals surface area contributed by atoms with Gasteiger partial charge in [-0.15, -0.1) is 0 Å². The fourth-order valence-electron chi connectivity index (χ4n) is 2.63. The maximum absolute atomic E-state index is 12.2. The van der Waals surface area contributed by atoms with Crippen molar-refractivity contribution in [2.45, 2.75) is 33.1 Å². The molecule has 18 heavy (non-hydrogen) atoms. The number of amides is 1. The first kappa shape index (κ1) is 13.2.